The van der Waals surface area contributed by atoms with Crippen molar-refractivity contribution in [1.82, 2.24) is 9.62 Å². The topological polar surface area (TPSA) is 58.6 Å². The van der Waals surface area contributed by atoms with Crippen molar-refractivity contribution in [2.75, 3.05) is 27.2 Å². The molecule has 0 aliphatic carbocycles. The largest absolute Gasteiger partial charge is 0.495 e. The van der Waals surface area contributed by atoms with Crippen molar-refractivity contribution in [2.45, 2.75) is 32.2 Å². The molecule has 1 N–H and O–H groups in total. The van der Waals surface area contributed by atoms with Gasteiger partial charge in [-0.2, -0.15) is 4.31 Å². The van der Waals surface area contributed by atoms with Gasteiger partial charge in [0.2, 0.25) is 10.0 Å². The minimum atomic E-state index is -3.53. The molecule has 6 heteroatoms. The van der Waals surface area contributed by atoms with Crippen LogP contribution in [0.3, 0.4) is 0 Å². The lowest BCUT2D eigenvalue weighted by atomic mass is 10.2. The maximum atomic E-state index is 12.8. The zero-order chi connectivity index (χ0) is 16.0. The molecular formula is C15H26N2O3S. The molecule has 0 unspecified atom stereocenters. The van der Waals surface area contributed by atoms with Gasteiger partial charge in [-0.25, -0.2) is 8.42 Å². The van der Waals surface area contributed by atoms with Gasteiger partial charge in [0.1, 0.15) is 10.6 Å². The average molecular weight is 314 g/mol. The highest BCUT2D eigenvalue weighted by atomic mass is 32.2. The van der Waals surface area contributed by atoms with E-state index in [-0.39, 0.29) is 10.8 Å². The maximum absolute atomic E-state index is 12.8. The van der Waals surface area contributed by atoms with Gasteiger partial charge in [0.15, 0.2) is 0 Å². The first-order valence-electron chi connectivity index (χ1n) is 7.18. The molecule has 0 spiro atoms. The maximum Gasteiger partial charge on any atom is 0.246 e. The van der Waals surface area contributed by atoms with E-state index in [1.54, 1.807) is 12.1 Å². The first-order valence-corrected chi connectivity index (χ1v) is 8.62. The zero-order valence-corrected chi connectivity index (χ0v) is 14.3. The fourth-order valence-electron chi connectivity index (χ4n) is 2.18. The van der Waals surface area contributed by atoms with E-state index in [9.17, 15) is 8.42 Å². The lowest BCUT2D eigenvalue weighted by Gasteiger charge is -2.23. The van der Waals surface area contributed by atoms with Crippen LogP contribution in [0.4, 0.5) is 0 Å². The van der Waals surface area contributed by atoms with E-state index in [2.05, 4.69) is 5.32 Å². The van der Waals surface area contributed by atoms with Crippen LogP contribution in [0.5, 0.6) is 5.75 Å². The molecule has 21 heavy (non-hydrogen) atoms. The highest BCUT2D eigenvalue weighted by molar-refractivity contribution is 7.89. The highest BCUT2D eigenvalue weighted by Crippen LogP contribution is 2.28. The Labute approximate surface area is 128 Å². The number of methoxy groups -OCH3 is 1. The van der Waals surface area contributed by atoms with Crippen LogP contribution < -0.4 is 10.1 Å². The third-order valence-electron chi connectivity index (χ3n) is 3.15. The van der Waals surface area contributed by atoms with Gasteiger partial charge in [-0.15, -0.1) is 0 Å². The summed E-state index contributed by atoms with van der Waals surface area (Å²) in [7, 11) is -0.191. The van der Waals surface area contributed by atoms with Gasteiger partial charge < -0.3 is 10.1 Å². The molecule has 1 aromatic rings. The number of hydrogen-bond donors (Lipinski definition) is 1. The smallest absolute Gasteiger partial charge is 0.246 e. The standard InChI is InChI=1S/C15H26N2O3S/c1-6-17(11-12(2)3)21(18,19)15-8-7-13(10-16-4)9-14(15)20-5/h7-9,12,16H,6,10-11H2,1-5H3. The van der Waals surface area contributed by atoms with Crippen molar-refractivity contribution in [3.8, 4) is 5.75 Å². The van der Waals surface area contributed by atoms with Crippen LogP contribution in [0.1, 0.15) is 26.3 Å². The molecular weight excluding hydrogens is 288 g/mol. The summed E-state index contributed by atoms with van der Waals surface area (Å²) in [6.45, 7) is 7.47. The summed E-state index contributed by atoms with van der Waals surface area (Å²) in [5, 5.41) is 3.04. The van der Waals surface area contributed by atoms with Crippen LogP contribution in [0, 0.1) is 5.92 Å². The summed E-state index contributed by atoms with van der Waals surface area (Å²) >= 11 is 0. The fourth-order valence-corrected chi connectivity index (χ4v) is 3.93. The minimum Gasteiger partial charge on any atom is -0.495 e. The number of hydrogen-bond acceptors (Lipinski definition) is 4. The van der Waals surface area contributed by atoms with Crippen LogP contribution in [0.15, 0.2) is 23.1 Å². The monoisotopic (exact) mass is 314 g/mol. The van der Waals surface area contributed by atoms with Gasteiger partial charge >= 0.3 is 0 Å². The first-order chi connectivity index (χ1) is 9.86. The third kappa shape index (κ3) is 4.43. The van der Waals surface area contributed by atoms with Gasteiger partial charge in [-0.3, -0.25) is 0 Å². The Bertz CT molecular complexity index is 556. The molecule has 0 aliphatic rings. The summed E-state index contributed by atoms with van der Waals surface area (Å²) in [6, 6.07) is 5.21. The highest BCUT2D eigenvalue weighted by Gasteiger charge is 2.27. The Hall–Kier alpha value is -1.11. The second kappa shape index (κ2) is 7.77. The lowest BCUT2D eigenvalue weighted by molar-refractivity contribution is 0.371. The fraction of sp³-hybridized carbons (Fsp3) is 0.600. The summed E-state index contributed by atoms with van der Waals surface area (Å²) in [4.78, 5) is 0.229. The molecule has 1 rings (SSSR count). The molecule has 0 heterocycles. The second-order valence-electron chi connectivity index (χ2n) is 5.37. The van der Waals surface area contributed by atoms with Crippen molar-refractivity contribution in [2.24, 2.45) is 5.92 Å². The minimum absolute atomic E-state index is 0.229. The van der Waals surface area contributed by atoms with Crippen molar-refractivity contribution in [3.05, 3.63) is 23.8 Å². The normalized spacial score (nSPS) is 12.1. The molecule has 0 saturated carbocycles. The zero-order valence-electron chi connectivity index (χ0n) is 13.5. The van der Waals surface area contributed by atoms with E-state index < -0.39 is 10.0 Å². The van der Waals surface area contributed by atoms with Gasteiger partial charge in [0, 0.05) is 19.6 Å². The van der Waals surface area contributed by atoms with Crippen molar-refractivity contribution in [1.29, 1.82) is 0 Å². The number of ether oxygens (including phenoxy) is 1. The van der Waals surface area contributed by atoms with Crippen molar-refractivity contribution in [3.63, 3.8) is 0 Å². The molecule has 0 atom stereocenters. The summed E-state index contributed by atoms with van der Waals surface area (Å²) in [5.74, 6) is 0.666. The second-order valence-corrected chi connectivity index (χ2v) is 7.27. The van der Waals surface area contributed by atoms with E-state index >= 15 is 0 Å². The van der Waals surface area contributed by atoms with Crippen LogP contribution in [-0.2, 0) is 16.6 Å². The average Bonchev–Trinajstić information content (AvgIpc) is 2.44. The van der Waals surface area contributed by atoms with E-state index in [1.807, 2.05) is 33.9 Å². The van der Waals surface area contributed by atoms with Gasteiger partial charge in [0.05, 0.1) is 7.11 Å². The van der Waals surface area contributed by atoms with E-state index in [4.69, 9.17) is 4.74 Å². The Kier molecular flexibility index (Phi) is 6.64. The Balaban J connectivity index is 3.23. The Morgan fingerprint density at radius 1 is 1.33 bits per heavy atom. The number of nitrogens with zero attached hydrogens (tertiary/aromatic N) is 1. The van der Waals surface area contributed by atoms with E-state index in [0.29, 0.717) is 25.4 Å². The van der Waals surface area contributed by atoms with Crippen LogP contribution in [0.25, 0.3) is 0 Å². The predicted molar refractivity (Wildman–Crippen MR) is 85.0 cm³/mol. The lowest BCUT2D eigenvalue weighted by Crippen LogP contribution is -2.34. The van der Waals surface area contributed by atoms with Crippen LogP contribution in [-0.4, -0.2) is 40.0 Å². The molecule has 0 radical (unpaired) electrons. The molecule has 0 fully saturated rings. The summed E-state index contributed by atoms with van der Waals surface area (Å²) < 4.78 is 32.3. The molecule has 5 nitrogen and oxygen atoms in total. The van der Waals surface area contributed by atoms with Crippen LogP contribution in [0.2, 0.25) is 0 Å². The number of benzene rings is 1. The van der Waals surface area contributed by atoms with Gasteiger partial charge in [0.25, 0.3) is 0 Å². The SMILES string of the molecule is CCN(CC(C)C)S(=O)(=O)c1ccc(CNC)cc1OC. The van der Waals surface area contributed by atoms with Crippen LogP contribution >= 0.6 is 0 Å². The van der Waals surface area contributed by atoms with E-state index in [1.165, 1.54) is 11.4 Å². The molecule has 0 amide bonds. The molecule has 0 bridgehead atoms. The first kappa shape index (κ1) is 17.9. The number of nitrogens with one attached hydrogen (secondary N) is 1. The molecule has 0 aliphatic heterocycles. The van der Waals surface area contributed by atoms with Gasteiger partial charge in [-0.05, 0) is 30.7 Å². The summed E-state index contributed by atoms with van der Waals surface area (Å²) in [5.41, 5.74) is 0.986. The van der Waals surface area contributed by atoms with Crippen molar-refractivity contribution < 1.29 is 13.2 Å². The van der Waals surface area contributed by atoms with E-state index in [0.717, 1.165) is 5.56 Å². The molecule has 0 aromatic heterocycles. The molecule has 0 saturated heterocycles. The Morgan fingerprint density at radius 3 is 2.48 bits per heavy atom. The number of rotatable bonds is 8. The quantitative estimate of drug-likeness (QED) is 0.798. The summed E-state index contributed by atoms with van der Waals surface area (Å²) in [6.07, 6.45) is 0. The molecule has 120 valence electrons. The third-order valence-corrected chi connectivity index (χ3v) is 5.13. The van der Waals surface area contributed by atoms with Gasteiger partial charge in [-0.1, -0.05) is 26.8 Å². The molecule has 1 aromatic carbocycles. The Morgan fingerprint density at radius 2 is 2.00 bits per heavy atom. The number of sulfonamides is 1. The van der Waals surface area contributed by atoms with Crippen molar-refractivity contribution >= 4 is 10.0 Å². The predicted octanol–water partition coefficient (Wildman–Crippen LogP) is 2.08.